The summed E-state index contributed by atoms with van der Waals surface area (Å²) < 4.78 is 0. The Hall–Kier alpha value is -1.89. The fourth-order valence-electron chi connectivity index (χ4n) is 1.44. The summed E-state index contributed by atoms with van der Waals surface area (Å²) in [6.07, 6.45) is 0. The summed E-state index contributed by atoms with van der Waals surface area (Å²) in [4.78, 5) is 15.4. The molecule has 0 bridgehead atoms. The van der Waals surface area contributed by atoms with Gasteiger partial charge >= 0.3 is 0 Å². The Kier molecular flexibility index (Phi) is 3.10. The summed E-state index contributed by atoms with van der Waals surface area (Å²) in [6, 6.07) is 1.70. The molecular formula is C10H14N6S. The predicted molar refractivity (Wildman–Crippen MR) is 69.8 cm³/mol. The van der Waals surface area contributed by atoms with Crippen LogP contribution in [0.5, 0.6) is 0 Å². The molecular weight excluding hydrogens is 236 g/mol. The molecule has 0 unspecified atom stereocenters. The van der Waals surface area contributed by atoms with Crippen LogP contribution in [0.4, 0.5) is 17.6 Å². The first kappa shape index (κ1) is 11.6. The van der Waals surface area contributed by atoms with Crippen LogP contribution in [0.3, 0.4) is 0 Å². The van der Waals surface area contributed by atoms with Crippen LogP contribution in [0.15, 0.2) is 11.6 Å². The lowest BCUT2D eigenvalue weighted by molar-refractivity contribution is 0.898. The summed E-state index contributed by atoms with van der Waals surface area (Å²) in [7, 11) is 1.93. The van der Waals surface area contributed by atoms with Gasteiger partial charge in [-0.3, -0.25) is 0 Å². The van der Waals surface area contributed by atoms with E-state index in [-0.39, 0.29) is 5.95 Å². The molecule has 4 N–H and O–H groups in total. The molecule has 90 valence electrons. The average molecular weight is 250 g/mol. The van der Waals surface area contributed by atoms with Crippen LogP contribution in [-0.4, -0.2) is 22.0 Å². The number of rotatable bonds is 3. The van der Waals surface area contributed by atoms with Crippen molar-refractivity contribution in [3.8, 4) is 0 Å². The van der Waals surface area contributed by atoms with E-state index in [0.717, 1.165) is 12.2 Å². The predicted octanol–water partition coefficient (Wildman–Crippen LogP) is 1.04. The van der Waals surface area contributed by atoms with E-state index in [2.05, 4.69) is 15.0 Å². The highest BCUT2D eigenvalue weighted by Crippen LogP contribution is 2.19. The van der Waals surface area contributed by atoms with Crippen molar-refractivity contribution in [2.45, 2.75) is 13.5 Å². The van der Waals surface area contributed by atoms with Gasteiger partial charge in [-0.05, 0) is 6.92 Å². The van der Waals surface area contributed by atoms with Crippen molar-refractivity contribution in [2.24, 2.45) is 0 Å². The molecule has 17 heavy (non-hydrogen) atoms. The molecule has 0 aliphatic rings. The second-order valence-corrected chi connectivity index (χ2v) is 4.67. The number of aryl methyl sites for hydroxylation is 1. The zero-order valence-corrected chi connectivity index (χ0v) is 10.5. The third-order valence-corrected chi connectivity index (χ3v) is 3.29. The number of hydrogen-bond acceptors (Lipinski definition) is 7. The molecule has 0 aromatic carbocycles. The van der Waals surface area contributed by atoms with Crippen molar-refractivity contribution in [2.75, 3.05) is 23.4 Å². The first-order valence-electron chi connectivity index (χ1n) is 5.06. The minimum absolute atomic E-state index is 0.188. The van der Waals surface area contributed by atoms with E-state index in [0.29, 0.717) is 11.6 Å². The monoisotopic (exact) mass is 250 g/mol. The Balaban J connectivity index is 2.20. The van der Waals surface area contributed by atoms with E-state index < -0.39 is 0 Å². The summed E-state index contributed by atoms with van der Waals surface area (Å²) >= 11 is 1.62. The van der Waals surface area contributed by atoms with Gasteiger partial charge in [0.05, 0.1) is 17.7 Å². The number of hydrogen-bond donors (Lipinski definition) is 2. The molecule has 0 saturated carbocycles. The van der Waals surface area contributed by atoms with Crippen molar-refractivity contribution in [1.29, 1.82) is 0 Å². The van der Waals surface area contributed by atoms with Crippen molar-refractivity contribution in [3.05, 3.63) is 22.1 Å². The number of nitrogen functional groups attached to an aromatic ring is 2. The summed E-state index contributed by atoms with van der Waals surface area (Å²) in [5.41, 5.74) is 14.1. The Morgan fingerprint density at radius 2 is 2.12 bits per heavy atom. The largest absolute Gasteiger partial charge is 0.383 e. The molecule has 0 spiro atoms. The first-order chi connectivity index (χ1) is 8.06. The SMILES string of the molecule is Cc1ncsc1CN(C)c1cc(N)nc(N)n1. The van der Waals surface area contributed by atoms with Gasteiger partial charge in [0.15, 0.2) is 0 Å². The fraction of sp³-hybridized carbons (Fsp3) is 0.300. The molecule has 0 fully saturated rings. The lowest BCUT2D eigenvalue weighted by Crippen LogP contribution is -2.18. The van der Waals surface area contributed by atoms with E-state index in [1.165, 1.54) is 4.88 Å². The van der Waals surface area contributed by atoms with Crippen LogP contribution in [-0.2, 0) is 6.54 Å². The minimum atomic E-state index is 0.188. The van der Waals surface area contributed by atoms with Crippen LogP contribution >= 0.6 is 11.3 Å². The van der Waals surface area contributed by atoms with Gasteiger partial charge in [-0.15, -0.1) is 11.3 Å². The van der Waals surface area contributed by atoms with Gasteiger partial charge in [0.2, 0.25) is 5.95 Å². The van der Waals surface area contributed by atoms with Crippen LogP contribution in [0.2, 0.25) is 0 Å². The third kappa shape index (κ3) is 2.62. The maximum Gasteiger partial charge on any atom is 0.223 e. The highest BCUT2D eigenvalue weighted by molar-refractivity contribution is 7.09. The highest BCUT2D eigenvalue weighted by atomic mass is 32.1. The molecule has 0 aliphatic carbocycles. The number of thiazole rings is 1. The summed E-state index contributed by atoms with van der Waals surface area (Å²) in [5, 5.41) is 0. The molecule has 7 heteroatoms. The minimum Gasteiger partial charge on any atom is -0.383 e. The number of anilines is 3. The van der Waals surface area contributed by atoms with E-state index in [1.54, 1.807) is 17.4 Å². The van der Waals surface area contributed by atoms with E-state index in [9.17, 15) is 0 Å². The Morgan fingerprint density at radius 3 is 2.71 bits per heavy atom. The number of aromatic nitrogens is 3. The first-order valence-corrected chi connectivity index (χ1v) is 5.94. The zero-order valence-electron chi connectivity index (χ0n) is 9.71. The molecule has 0 aliphatic heterocycles. The molecule has 0 saturated heterocycles. The van der Waals surface area contributed by atoms with Crippen molar-refractivity contribution in [1.82, 2.24) is 15.0 Å². The van der Waals surface area contributed by atoms with Gasteiger partial charge in [-0.2, -0.15) is 9.97 Å². The Bertz CT molecular complexity index is 503. The van der Waals surface area contributed by atoms with Crippen molar-refractivity contribution in [3.63, 3.8) is 0 Å². The molecule has 0 atom stereocenters. The Morgan fingerprint density at radius 1 is 1.35 bits per heavy atom. The van der Waals surface area contributed by atoms with Gasteiger partial charge in [-0.25, -0.2) is 4.98 Å². The van der Waals surface area contributed by atoms with Gasteiger partial charge in [0.1, 0.15) is 11.6 Å². The molecule has 2 aromatic heterocycles. The second kappa shape index (κ2) is 4.54. The van der Waals surface area contributed by atoms with Crippen LogP contribution < -0.4 is 16.4 Å². The second-order valence-electron chi connectivity index (χ2n) is 3.73. The molecule has 2 aromatic rings. The van der Waals surface area contributed by atoms with Crippen LogP contribution in [0.25, 0.3) is 0 Å². The summed E-state index contributed by atoms with van der Waals surface area (Å²) in [5.74, 6) is 1.27. The van der Waals surface area contributed by atoms with Gasteiger partial charge in [0.25, 0.3) is 0 Å². The standard InChI is InChI=1S/C10H14N6S/c1-6-7(17-5-13-6)4-16(2)9-3-8(11)14-10(12)15-9/h3,5H,4H2,1-2H3,(H4,11,12,14,15). The van der Waals surface area contributed by atoms with Crippen LogP contribution in [0.1, 0.15) is 10.6 Å². The fourth-order valence-corrected chi connectivity index (χ4v) is 2.27. The van der Waals surface area contributed by atoms with Gasteiger partial charge in [0, 0.05) is 18.0 Å². The summed E-state index contributed by atoms with van der Waals surface area (Å²) in [6.45, 7) is 2.72. The maximum absolute atomic E-state index is 5.63. The van der Waals surface area contributed by atoms with E-state index in [4.69, 9.17) is 11.5 Å². The van der Waals surface area contributed by atoms with Crippen LogP contribution in [0, 0.1) is 6.92 Å². The van der Waals surface area contributed by atoms with E-state index >= 15 is 0 Å². The lowest BCUT2D eigenvalue weighted by atomic mass is 10.3. The smallest absolute Gasteiger partial charge is 0.223 e. The topological polar surface area (TPSA) is 94.0 Å². The number of nitrogens with two attached hydrogens (primary N) is 2. The van der Waals surface area contributed by atoms with Crippen molar-refractivity contribution < 1.29 is 0 Å². The van der Waals surface area contributed by atoms with Crippen molar-refractivity contribution >= 4 is 28.9 Å². The highest BCUT2D eigenvalue weighted by Gasteiger charge is 2.09. The molecule has 0 radical (unpaired) electrons. The van der Waals surface area contributed by atoms with Gasteiger partial charge in [-0.1, -0.05) is 0 Å². The lowest BCUT2D eigenvalue weighted by Gasteiger charge is -2.17. The average Bonchev–Trinajstić information content (AvgIpc) is 2.63. The molecule has 6 nitrogen and oxygen atoms in total. The third-order valence-electron chi connectivity index (χ3n) is 2.37. The molecule has 0 amide bonds. The van der Waals surface area contributed by atoms with Gasteiger partial charge < -0.3 is 16.4 Å². The quantitative estimate of drug-likeness (QED) is 0.845. The zero-order chi connectivity index (χ0) is 12.4. The molecule has 2 heterocycles. The molecule has 2 rings (SSSR count). The number of nitrogens with zero attached hydrogens (tertiary/aromatic N) is 4. The van der Waals surface area contributed by atoms with E-state index in [1.807, 2.05) is 24.4 Å². The maximum atomic E-state index is 5.63. The Labute approximate surface area is 103 Å². The normalized spacial score (nSPS) is 10.5.